The minimum Gasteiger partial charge on any atom is -0.385 e. The van der Waals surface area contributed by atoms with Crippen molar-refractivity contribution in [1.29, 1.82) is 0 Å². The van der Waals surface area contributed by atoms with E-state index in [1.165, 1.54) is 5.57 Å². The lowest BCUT2D eigenvalue weighted by Crippen LogP contribution is -2.70. The molecule has 1 saturated heterocycles. The number of ketones is 1. The number of hydrogen-bond acceptors (Lipinski definition) is 3. The van der Waals surface area contributed by atoms with Crippen LogP contribution in [-0.4, -0.2) is 40.5 Å². The van der Waals surface area contributed by atoms with E-state index in [1.807, 2.05) is 0 Å². The summed E-state index contributed by atoms with van der Waals surface area (Å²) in [4.78, 5) is 15.2. The SMILES string of the molecule is C[C@@H]1C[C@@H]2C3=CCCN4CCC[C@H](C(=O)[C@H]2O)[C@@]34C1. The Morgan fingerprint density at radius 1 is 1.42 bits per heavy atom. The third kappa shape index (κ3) is 1.38. The average molecular weight is 261 g/mol. The quantitative estimate of drug-likeness (QED) is 0.675. The van der Waals surface area contributed by atoms with Crippen LogP contribution in [0, 0.1) is 17.8 Å². The summed E-state index contributed by atoms with van der Waals surface area (Å²) in [5.41, 5.74) is 1.42. The largest absolute Gasteiger partial charge is 0.385 e. The molecule has 104 valence electrons. The van der Waals surface area contributed by atoms with Gasteiger partial charge in [0.2, 0.25) is 0 Å². The topological polar surface area (TPSA) is 40.5 Å². The zero-order valence-electron chi connectivity index (χ0n) is 11.6. The van der Waals surface area contributed by atoms with Crippen LogP contribution in [0.15, 0.2) is 11.6 Å². The van der Waals surface area contributed by atoms with Gasteiger partial charge in [-0.15, -0.1) is 0 Å². The van der Waals surface area contributed by atoms with Crippen LogP contribution in [0.3, 0.4) is 0 Å². The molecule has 2 heterocycles. The lowest BCUT2D eigenvalue weighted by molar-refractivity contribution is -0.154. The molecule has 3 nitrogen and oxygen atoms in total. The minimum absolute atomic E-state index is 0.00481. The van der Waals surface area contributed by atoms with Crippen molar-refractivity contribution in [3.63, 3.8) is 0 Å². The molecule has 1 N–H and O–H groups in total. The molecule has 2 bridgehead atoms. The summed E-state index contributed by atoms with van der Waals surface area (Å²) in [7, 11) is 0. The second kappa shape index (κ2) is 3.92. The van der Waals surface area contributed by atoms with Crippen LogP contribution in [0.2, 0.25) is 0 Å². The minimum atomic E-state index is -0.731. The molecular weight excluding hydrogens is 238 g/mol. The van der Waals surface area contributed by atoms with Gasteiger partial charge >= 0.3 is 0 Å². The number of hydrogen-bond donors (Lipinski definition) is 1. The molecule has 0 amide bonds. The van der Waals surface area contributed by atoms with E-state index < -0.39 is 6.10 Å². The highest BCUT2D eigenvalue weighted by Crippen LogP contribution is 2.57. The molecule has 0 radical (unpaired) electrons. The Morgan fingerprint density at radius 3 is 3.11 bits per heavy atom. The zero-order chi connectivity index (χ0) is 13.2. The monoisotopic (exact) mass is 261 g/mol. The van der Waals surface area contributed by atoms with Gasteiger partial charge in [-0.1, -0.05) is 13.0 Å². The fourth-order valence-corrected chi connectivity index (χ4v) is 5.51. The van der Waals surface area contributed by atoms with E-state index in [2.05, 4.69) is 17.9 Å². The van der Waals surface area contributed by atoms with Gasteiger partial charge in [0.05, 0.1) is 5.54 Å². The van der Waals surface area contributed by atoms with Crippen LogP contribution in [0.5, 0.6) is 0 Å². The van der Waals surface area contributed by atoms with E-state index >= 15 is 0 Å². The van der Waals surface area contributed by atoms with E-state index in [-0.39, 0.29) is 23.2 Å². The summed E-state index contributed by atoms with van der Waals surface area (Å²) < 4.78 is 0. The second-order valence-electron chi connectivity index (χ2n) is 7.05. The molecule has 0 aromatic rings. The van der Waals surface area contributed by atoms with Crippen molar-refractivity contribution in [2.24, 2.45) is 17.8 Å². The molecule has 2 saturated carbocycles. The molecule has 2 aliphatic heterocycles. The number of aliphatic hydroxyl groups is 1. The Bertz CT molecular complexity index is 458. The maximum absolute atomic E-state index is 12.6. The highest BCUT2D eigenvalue weighted by Gasteiger charge is 2.62. The van der Waals surface area contributed by atoms with Crippen LogP contribution in [0.4, 0.5) is 0 Å². The van der Waals surface area contributed by atoms with Gasteiger partial charge in [-0.3, -0.25) is 9.69 Å². The first kappa shape index (κ1) is 12.1. The highest BCUT2D eigenvalue weighted by molar-refractivity contribution is 5.90. The van der Waals surface area contributed by atoms with Crippen LogP contribution < -0.4 is 0 Å². The lowest BCUT2D eigenvalue weighted by Gasteiger charge is -2.63. The third-order valence-corrected chi connectivity index (χ3v) is 6.06. The molecule has 0 aromatic carbocycles. The van der Waals surface area contributed by atoms with Crippen molar-refractivity contribution in [2.45, 2.75) is 50.7 Å². The van der Waals surface area contributed by atoms with Crippen LogP contribution in [0.1, 0.15) is 39.0 Å². The summed E-state index contributed by atoms with van der Waals surface area (Å²) in [6.07, 6.45) is 6.92. The number of piperidine rings is 1. The van der Waals surface area contributed by atoms with Crippen molar-refractivity contribution in [3.8, 4) is 0 Å². The molecule has 4 rings (SSSR count). The third-order valence-electron chi connectivity index (χ3n) is 6.06. The molecule has 1 spiro atoms. The Hall–Kier alpha value is -0.670. The molecule has 3 fully saturated rings. The van der Waals surface area contributed by atoms with Crippen molar-refractivity contribution in [3.05, 3.63) is 11.6 Å². The second-order valence-corrected chi connectivity index (χ2v) is 7.05. The van der Waals surface area contributed by atoms with Gasteiger partial charge < -0.3 is 5.11 Å². The van der Waals surface area contributed by atoms with Crippen LogP contribution in [-0.2, 0) is 4.79 Å². The number of carbonyl (C=O) groups excluding carboxylic acids is 1. The van der Waals surface area contributed by atoms with Crippen LogP contribution >= 0.6 is 0 Å². The van der Waals surface area contributed by atoms with Gasteiger partial charge in [0.1, 0.15) is 6.10 Å². The zero-order valence-corrected chi connectivity index (χ0v) is 11.6. The van der Waals surface area contributed by atoms with Gasteiger partial charge in [-0.05, 0) is 50.1 Å². The number of carbonyl (C=O) groups is 1. The first-order chi connectivity index (χ1) is 9.14. The summed E-state index contributed by atoms with van der Waals surface area (Å²) in [6.45, 7) is 4.53. The van der Waals surface area contributed by atoms with E-state index in [1.54, 1.807) is 0 Å². The van der Waals surface area contributed by atoms with Gasteiger partial charge in [0.15, 0.2) is 5.78 Å². The molecule has 3 heteroatoms. The molecular formula is C16H23NO2. The fourth-order valence-electron chi connectivity index (χ4n) is 5.51. The first-order valence-electron chi connectivity index (χ1n) is 7.82. The number of nitrogens with zero attached hydrogens (tertiary/aromatic N) is 1. The Labute approximate surface area is 114 Å². The van der Waals surface area contributed by atoms with Gasteiger partial charge in [-0.2, -0.15) is 0 Å². The standard InChI is InChI=1S/C16H23NO2/c1-10-8-11-12-4-2-6-17-7-3-5-13(15(19)14(11)18)16(12,17)9-10/h4,10-11,13-14,18H,2-3,5-9H2,1H3/t10-,11-,13-,14+,16-/m1/s1. The molecule has 2 aliphatic carbocycles. The average Bonchev–Trinajstić information content (AvgIpc) is 2.40. The molecule has 4 aliphatic rings. The van der Waals surface area contributed by atoms with E-state index in [0.717, 1.165) is 45.2 Å². The van der Waals surface area contributed by atoms with Gasteiger partial charge in [0, 0.05) is 18.4 Å². The predicted octanol–water partition coefficient (Wildman–Crippen LogP) is 1.76. The fraction of sp³-hybridized carbons (Fsp3) is 0.812. The summed E-state index contributed by atoms with van der Waals surface area (Å²) in [5.74, 6) is 0.918. The van der Waals surface area contributed by atoms with Gasteiger partial charge in [0.25, 0.3) is 0 Å². The molecule has 0 unspecified atom stereocenters. The number of rotatable bonds is 0. The summed E-state index contributed by atoms with van der Waals surface area (Å²) >= 11 is 0. The predicted molar refractivity (Wildman–Crippen MR) is 72.6 cm³/mol. The molecule has 19 heavy (non-hydrogen) atoms. The van der Waals surface area contributed by atoms with E-state index in [0.29, 0.717) is 5.92 Å². The molecule has 0 aromatic heterocycles. The van der Waals surface area contributed by atoms with E-state index in [4.69, 9.17) is 0 Å². The maximum atomic E-state index is 12.6. The first-order valence-corrected chi connectivity index (χ1v) is 7.82. The van der Waals surface area contributed by atoms with Gasteiger partial charge in [-0.25, -0.2) is 0 Å². The Balaban J connectivity index is 1.90. The van der Waals surface area contributed by atoms with E-state index in [9.17, 15) is 9.90 Å². The Kier molecular flexibility index (Phi) is 2.50. The van der Waals surface area contributed by atoms with Crippen molar-refractivity contribution < 1.29 is 9.90 Å². The lowest BCUT2D eigenvalue weighted by atomic mass is 9.51. The van der Waals surface area contributed by atoms with Crippen molar-refractivity contribution in [2.75, 3.05) is 13.1 Å². The normalized spacial score (nSPS) is 49.6. The molecule has 5 atom stereocenters. The van der Waals surface area contributed by atoms with Crippen LogP contribution in [0.25, 0.3) is 0 Å². The highest BCUT2D eigenvalue weighted by atomic mass is 16.3. The van der Waals surface area contributed by atoms with Crippen molar-refractivity contribution >= 4 is 5.78 Å². The summed E-state index contributed by atoms with van der Waals surface area (Å²) in [5, 5.41) is 10.4. The number of Topliss-reactive ketones (excluding diaryl/α,β-unsaturated/α-hetero) is 1. The smallest absolute Gasteiger partial charge is 0.167 e. The number of aliphatic hydroxyl groups excluding tert-OH is 1. The Morgan fingerprint density at radius 2 is 2.26 bits per heavy atom. The summed E-state index contributed by atoms with van der Waals surface area (Å²) in [6, 6.07) is 0. The maximum Gasteiger partial charge on any atom is 0.167 e. The van der Waals surface area contributed by atoms with Crippen molar-refractivity contribution in [1.82, 2.24) is 4.90 Å².